The van der Waals surface area contributed by atoms with Crippen molar-refractivity contribution in [2.45, 2.75) is 38.8 Å². The third kappa shape index (κ3) is 3.65. The molecule has 0 aromatic heterocycles. The van der Waals surface area contributed by atoms with Crippen LogP contribution in [0.1, 0.15) is 24.5 Å². The van der Waals surface area contributed by atoms with Crippen molar-refractivity contribution in [3.63, 3.8) is 0 Å². The van der Waals surface area contributed by atoms with Crippen molar-refractivity contribution in [3.8, 4) is 0 Å². The van der Waals surface area contributed by atoms with Crippen LogP contribution >= 0.6 is 0 Å². The fourth-order valence-corrected chi connectivity index (χ4v) is 1.89. The lowest BCUT2D eigenvalue weighted by molar-refractivity contribution is 0.0773. The predicted molar refractivity (Wildman–Crippen MR) is 63.9 cm³/mol. The van der Waals surface area contributed by atoms with Gasteiger partial charge in [-0.05, 0) is 25.3 Å². The van der Waals surface area contributed by atoms with Gasteiger partial charge in [-0.3, -0.25) is 0 Å². The zero-order valence-electron chi connectivity index (χ0n) is 9.86. The van der Waals surface area contributed by atoms with E-state index in [-0.39, 0.29) is 12.1 Å². The number of hydrogen-bond acceptors (Lipinski definition) is 2. The highest BCUT2D eigenvalue weighted by Crippen LogP contribution is 2.10. The van der Waals surface area contributed by atoms with Crippen molar-refractivity contribution in [2.24, 2.45) is 5.73 Å². The van der Waals surface area contributed by atoms with Gasteiger partial charge in [0.25, 0.3) is 0 Å². The Balaban J connectivity index is 2.61. The average Bonchev–Trinajstić information content (AvgIpc) is 2.19. The summed E-state index contributed by atoms with van der Waals surface area (Å²) in [5.41, 5.74) is 8.67. The molecule has 0 aliphatic heterocycles. The number of aryl methyl sites for hydroxylation is 1. The normalized spacial score (nSPS) is 14.9. The third-order valence-electron chi connectivity index (χ3n) is 2.74. The number of nitrogens with two attached hydrogens (primary N) is 1. The molecule has 2 heteroatoms. The van der Waals surface area contributed by atoms with Crippen LogP contribution in [0.3, 0.4) is 0 Å². The Morgan fingerprint density at radius 3 is 2.67 bits per heavy atom. The standard InChI is InChI=1S/C13H21NO/c1-4-13(15-3)12(14)9-11-7-5-6-10(2)8-11/h5-8,12-13H,4,9,14H2,1-3H3. The van der Waals surface area contributed by atoms with Crippen molar-refractivity contribution < 1.29 is 4.74 Å². The van der Waals surface area contributed by atoms with E-state index < -0.39 is 0 Å². The minimum atomic E-state index is 0.0850. The first kappa shape index (κ1) is 12.2. The lowest BCUT2D eigenvalue weighted by Gasteiger charge is -2.21. The van der Waals surface area contributed by atoms with Crippen molar-refractivity contribution in [2.75, 3.05) is 7.11 Å². The molecule has 0 bridgehead atoms. The minimum Gasteiger partial charge on any atom is -0.380 e. The molecule has 1 rings (SSSR count). The first-order valence-corrected chi connectivity index (χ1v) is 5.51. The molecule has 2 nitrogen and oxygen atoms in total. The first-order chi connectivity index (χ1) is 7.17. The molecule has 1 aromatic carbocycles. The molecular formula is C13H21NO. The van der Waals surface area contributed by atoms with Gasteiger partial charge in [0.1, 0.15) is 0 Å². The summed E-state index contributed by atoms with van der Waals surface area (Å²) in [6.45, 7) is 4.20. The molecule has 0 saturated heterocycles. The number of ether oxygens (including phenoxy) is 1. The van der Waals surface area contributed by atoms with Crippen LogP contribution in [0.15, 0.2) is 24.3 Å². The Hall–Kier alpha value is -0.860. The van der Waals surface area contributed by atoms with Crippen LogP contribution in [-0.2, 0) is 11.2 Å². The Morgan fingerprint density at radius 1 is 1.40 bits per heavy atom. The second-order valence-electron chi connectivity index (χ2n) is 4.04. The summed E-state index contributed by atoms with van der Waals surface area (Å²) in [5.74, 6) is 0. The maximum absolute atomic E-state index is 6.10. The van der Waals surface area contributed by atoms with Crippen molar-refractivity contribution in [1.29, 1.82) is 0 Å². The summed E-state index contributed by atoms with van der Waals surface area (Å²) >= 11 is 0. The fourth-order valence-electron chi connectivity index (χ4n) is 1.89. The molecule has 0 radical (unpaired) electrons. The molecule has 15 heavy (non-hydrogen) atoms. The Morgan fingerprint density at radius 2 is 2.13 bits per heavy atom. The molecule has 0 saturated carbocycles. The number of methoxy groups -OCH3 is 1. The van der Waals surface area contributed by atoms with E-state index in [2.05, 4.69) is 38.1 Å². The summed E-state index contributed by atoms with van der Waals surface area (Å²) in [5, 5.41) is 0. The van der Waals surface area contributed by atoms with Crippen molar-refractivity contribution in [1.82, 2.24) is 0 Å². The second-order valence-corrected chi connectivity index (χ2v) is 4.04. The van der Waals surface area contributed by atoms with Gasteiger partial charge >= 0.3 is 0 Å². The highest BCUT2D eigenvalue weighted by Gasteiger charge is 2.15. The zero-order chi connectivity index (χ0) is 11.3. The summed E-state index contributed by atoms with van der Waals surface area (Å²) in [7, 11) is 1.73. The topological polar surface area (TPSA) is 35.2 Å². The van der Waals surface area contributed by atoms with E-state index in [9.17, 15) is 0 Å². The predicted octanol–water partition coefficient (Wildman–Crippen LogP) is 2.29. The van der Waals surface area contributed by atoms with E-state index in [1.807, 2.05) is 0 Å². The molecule has 0 aliphatic rings. The molecule has 0 heterocycles. The molecule has 1 aromatic rings. The monoisotopic (exact) mass is 207 g/mol. The molecule has 2 unspecified atom stereocenters. The van der Waals surface area contributed by atoms with E-state index in [1.165, 1.54) is 11.1 Å². The van der Waals surface area contributed by atoms with E-state index in [1.54, 1.807) is 7.11 Å². The molecule has 0 amide bonds. The van der Waals surface area contributed by atoms with Gasteiger partial charge < -0.3 is 10.5 Å². The van der Waals surface area contributed by atoms with Crippen LogP contribution in [0, 0.1) is 6.92 Å². The average molecular weight is 207 g/mol. The lowest BCUT2D eigenvalue weighted by atomic mass is 9.99. The Bertz CT molecular complexity index is 294. The number of benzene rings is 1. The van der Waals surface area contributed by atoms with Crippen LogP contribution in [0.25, 0.3) is 0 Å². The molecule has 0 fully saturated rings. The third-order valence-corrected chi connectivity index (χ3v) is 2.74. The molecule has 84 valence electrons. The Labute approximate surface area is 92.4 Å². The van der Waals surface area contributed by atoms with Crippen LogP contribution in [-0.4, -0.2) is 19.3 Å². The van der Waals surface area contributed by atoms with E-state index in [0.717, 1.165) is 12.8 Å². The highest BCUT2D eigenvalue weighted by atomic mass is 16.5. The summed E-state index contributed by atoms with van der Waals surface area (Å²) in [6, 6.07) is 8.56. The largest absolute Gasteiger partial charge is 0.380 e. The molecular weight excluding hydrogens is 186 g/mol. The van der Waals surface area contributed by atoms with Gasteiger partial charge in [-0.1, -0.05) is 36.8 Å². The summed E-state index contributed by atoms with van der Waals surface area (Å²) < 4.78 is 5.34. The van der Waals surface area contributed by atoms with Crippen LogP contribution in [0.2, 0.25) is 0 Å². The molecule has 0 aliphatic carbocycles. The van der Waals surface area contributed by atoms with Gasteiger partial charge in [-0.25, -0.2) is 0 Å². The maximum Gasteiger partial charge on any atom is 0.0722 e. The summed E-state index contributed by atoms with van der Waals surface area (Å²) in [6.07, 6.45) is 2.00. The van der Waals surface area contributed by atoms with Crippen LogP contribution in [0.5, 0.6) is 0 Å². The highest BCUT2D eigenvalue weighted by molar-refractivity contribution is 5.23. The smallest absolute Gasteiger partial charge is 0.0722 e. The quantitative estimate of drug-likeness (QED) is 0.804. The second kappa shape index (κ2) is 5.89. The minimum absolute atomic E-state index is 0.0850. The first-order valence-electron chi connectivity index (χ1n) is 5.51. The van der Waals surface area contributed by atoms with Gasteiger partial charge in [-0.15, -0.1) is 0 Å². The fraction of sp³-hybridized carbons (Fsp3) is 0.538. The van der Waals surface area contributed by atoms with Crippen LogP contribution < -0.4 is 5.73 Å². The molecule has 2 N–H and O–H groups in total. The van der Waals surface area contributed by atoms with Crippen molar-refractivity contribution in [3.05, 3.63) is 35.4 Å². The lowest BCUT2D eigenvalue weighted by Crippen LogP contribution is -2.37. The van der Waals surface area contributed by atoms with Gasteiger partial charge in [0.2, 0.25) is 0 Å². The molecule has 2 atom stereocenters. The SMILES string of the molecule is CCC(OC)C(N)Cc1cccc(C)c1. The van der Waals surface area contributed by atoms with E-state index in [0.29, 0.717) is 0 Å². The van der Waals surface area contributed by atoms with E-state index in [4.69, 9.17) is 10.5 Å². The zero-order valence-corrected chi connectivity index (χ0v) is 9.86. The van der Waals surface area contributed by atoms with E-state index >= 15 is 0 Å². The van der Waals surface area contributed by atoms with Gasteiger partial charge in [0.05, 0.1) is 6.10 Å². The van der Waals surface area contributed by atoms with Gasteiger partial charge in [0.15, 0.2) is 0 Å². The van der Waals surface area contributed by atoms with Crippen LogP contribution in [0.4, 0.5) is 0 Å². The van der Waals surface area contributed by atoms with Crippen molar-refractivity contribution >= 4 is 0 Å². The van der Waals surface area contributed by atoms with Gasteiger partial charge in [0, 0.05) is 13.2 Å². The summed E-state index contributed by atoms with van der Waals surface area (Å²) in [4.78, 5) is 0. The Kier molecular flexibility index (Phi) is 4.79. The van der Waals surface area contributed by atoms with Gasteiger partial charge in [-0.2, -0.15) is 0 Å². The molecule has 0 spiro atoms. The number of hydrogen-bond donors (Lipinski definition) is 1. The maximum atomic E-state index is 6.10. The number of rotatable bonds is 5.